The predicted molar refractivity (Wildman–Crippen MR) is 88.8 cm³/mol. The zero-order valence-electron chi connectivity index (χ0n) is 13.0. The van der Waals surface area contributed by atoms with Gasteiger partial charge in [0, 0.05) is 17.3 Å². The Labute approximate surface area is 135 Å². The molecule has 4 nitrogen and oxygen atoms in total. The van der Waals surface area contributed by atoms with E-state index in [1.165, 1.54) is 12.1 Å². The van der Waals surface area contributed by atoms with E-state index in [2.05, 4.69) is 6.92 Å². The minimum absolute atomic E-state index is 0.0957. The second-order valence-corrected chi connectivity index (χ2v) is 5.97. The number of carboxylic acid groups (broad SMARTS) is 1. The van der Waals surface area contributed by atoms with Crippen molar-refractivity contribution in [3.05, 3.63) is 65.7 Å². The van der Waals surface area contributed by atoms with Crippen LogP contribution in [0.2, 0.25) is 0 Å². The zero-order valence-corrected chi connectivity index (χ0v) is 13.0. The molecule has 0 heterocycles. The van der Waals surface area contributed by atoms with Crippen LogP contribution in [0.3, 0.4) is 0 Å². The van der Waals surface area contributed by atoms with E-state index in [0.29, 0.717) is 11.5 Å². The first-order valence-corrected chi connectivity index (χ1v) is 7.80. The molecule has 0 radical (unpaired) electrons. The summed E-state index contributed by atoms with van der Waals surface area (Å²) >= 11 is 0. The van der Waals surface area contributed by atoms with Crippen molar-refractivity contribution in [2.75, 3.05) is 4.90 Å². The van der Waals surface area contributed by atoms with E-state index in [9.17, 15) is 9.59 Å². The zero-order chi connectivity index (χ0) is 16.4. The third-order valence-electron chi connectivity index (χ3n) is 4.32. The Morgan fingerprint density at radius 1 is 1.04 bits per heavy atom. The lowest BCUT2D eigenvalue weighted by Crippen LogP contribution is -2.40. The van der Waals surface area contributed by atoms with Gasteiger partial charge in [0.2, 0.25) is 0 Å². The molecule has 2 aromatic carbocycles. The van der Waals surface area contributed by atoms with Crippen LogP contribution in [0.25, 0.3) is 0 Å². The number of para-hydroxylation sites is 1. The Hall–Kier alpha value is -2.62. The molecule has 0 aliphatic heterocycles. The van der Waals surface area contributed by atoms with Gasteiger partial charge in [-0.15, -0.1) is 0 Å². The summed E-state index contributed by atoms with van der Waals surface area (Å²) in [5, 5.41) is 9.13. The second kappa shape index (κ2) is 6.24. The van der Waals surface area contributed by atoms with Gasteiger partial charge in [-0.2, -0.15) is 0 Å². The maximum absolute atomic E-state index is 13.0. The molecule has 1 amide bonds. The highest BCUT2D eigenvalue weighted by Crippen LogP contribution is 2.37. The van der Waals surface area contributed by atoms with Crippen molar-refractivity contribution >= 4 is 17.6 Å². The maximum Gasteiger partial charge on any atom is 0.335 e. The lowest BCUT2D eigenvalue weighted by molar-refractivity contribution is 0.0697. The van der Waals surface area contributed by atoms with Gasteiger partial charge in [-0.05, 0) is 56.0 Å². The summed E-state index contributed by atoms with van der Waals surface area (Å²) in [5.41, 5.74) is 1.38. The van der Waals surface area contributed by atoms with Gasteiger partial charge in [0.15, 0.2) is 0 Å². The molecule has 1 atom stereocenters. The molecule has 23 heavy (non-hydrogen) atoms. The van der Waals surface area contributed by atoms with E-state index in [0.717, 1.165) is 18.5 Å². The smallest absolute Gasteiger partial charge is 0.335 e. The molecule has 1 N–H and O–H groups in total. The minimum Gasteiger partial charge on any atom is -0.478 e. The summed E-state index contributed by atoms with van der Waals surface area (Å²) in [7, 11) is 0. The van der Waals surface area contributed by atoms with E-state index in [4.69, 9.17) is 5.11 Å². The average Bonchev–Trinajstić information content (AvgIpc) is 3.41. The number of carbonyl (C=O) groups is 2. The molecule has 0 saturated heterocycles. The van der Waals surface area contributed by atoms with Crippen molar-refractivity contribution < 1.29 is 14.7 Å². The first-order valence-electron chi connectivity index (χ1n) is 7.80. The Kier molecular flexibility index (Phi) is 4.15. The molecular weight excluding hydrogens is 290 g/mol. The summed E-state index contributed by atoms with van der Waals surface area (Å²) in [6, 6.07) is 15.9. The fourth-order valence-corrected chi connectivity index (χ4v) is 2.84. The van der Waals surface area contributed by atoms with Crippen LogP contribution in [0, 0.1) is 5.92 Å². The van der Waals surface area contributed by atoms with Crippen molar-refractivity contribution in [2.24, 2.45) is 5.92 Å². The molecule has 2 aromatic rings. The number of hydrogen-bond acceptors (Lipinski definition) is 2. The van der Waals surface area contributed by atoms with Crippen LogP contribution in [-0.4, -0.2) is 23.0 Å². The van der Waals surface area contributed by atoms with Crippen molar-refractivity contribution in [1.82, 2.24) is 0 Å². The van der Waals surface area contributed by atoms with Gasteiger partial charge >= 0.3 is 5.97 Å². The van der Waals surface area contributed by atoms with E-state index in [1.54, 1.807) is 17.0 Å². The highest BCUT2D eigenvalue weighted by molar-refractivity contribution is 6.07. The van der Waals surface area contributed by atoms with Gasteiger partial charge in [-0.1, -0.05) is 24.3 Å². The Morgan fingerprint density at radius 3 is 2.30 bits per heavy atom. The van der Waals surface area contributed by atoms with Crippen molar-refractivity contribution in [1.29, 1.82) is 0 Å². The molecule has 1 saturated carbocycles. The highest BCUT2D eigenvalue weighted by Gasteiger charge is 2.35. The Bertz CT molecular complexity index is 722. The number of nitrogens with zero attached hydrogens (tertiary/aromatic N) is 1. The van der Waals surface area contributed by atoms with Crippen molar-refractivity contribution in [3.8, 4) is 0 Å². The SMILES string of the molecule is C[C@H](C1CC1)N(C(=O)c1cccc(C(=O)O)c1)c1ccccc1. The molecule has 3 rings (SSSR count). The van der Waals surface area contributed by atoms with E-state index in [1.807, 2.05) is 30.3 Å². The fraction of sp³-hybridized carbons (Fsp3) is 0.263. The van der Waals surface area contributed by atoms with Crippen molar-refractivity contribution in [2.45, 2.75) is 25.8 Å². The topological polar surface area (TPSA) is 57.6 Å². The normalized spacial score (nSPS) is 15.0. The van der Waals surface area contributed by atoms with Gasteiger partial charge in [-0.3, -0.25) is 4.79 Å². The molecule has 0 spiro atoms. The largest absolute Gasteiger partial charge is 0.478 e. The van der Waals surface area contributed by atoms with Crippen LogP contribution in [0.1, 0.15) is 40.5 Å². The van der Waals surface area contributed by atoms with Crippen LogP contribution in [0.15, 0.2) is 54.6 Å². The summed E-state index contributed by atoms with van der Waals surface area (Å²) in [5.74, 6) is -0.665. The molecular formula is C19H19NO3. The summed E-state index contributed by atoms with van der Waals surface area (Å²) in [6.07, 6.45) is 2.26. The average molecular weight is 309 g/mol. The number of aromatic carboxylic acids is 1. The number of amides is 1. The number of hydrogen-bond donors (Lipinski definition) is 1. The van der Waals surface area contributed by atoms with Gasteiger partial charge in [0.05, 0.1) is 5.56 Å². The molecule has 0 bridgehead atoms. The molecule has 1 aliphatic rings. The summed E-state index contributed by atoms with van der Waals surface area (Å²) in [6.45, 7) is 2.06. The maximum atomic E-state index is 13.0. The number of carbonyl (C=O) groups excluding carboxylic acids is 1. The van der Waals surface area contributed by atoms with E-state index in [-0.39, 0.29) is 17.5 Å². The van der Waals surface area contributed by atoms with E-state index >= 15 is 0 Å². The predicted octanol–water partition coefficient (Wildman–Crippen LogP) is 3.83. The molecule has 0 aromatic heterocycles. The number of anilines is 1. The summed E-state index contributed by atoms with van der Waals surface area (Å²) in [4.78, 5) is 26.0. The lowest BCUT2D eigenvalue weighted by atomic mass is 10.1. The first-order chi connectivity index (χ1) is 11.1. The van der Waals surface area contributed by atoms with Crippen LogP contribution in [0.5, 0.6) is 0 Å². The standard InChI is InChI=1S/C19H19NO3/c1-13(14-10-11-14)20(17-8-3-2-4-9-17)18(21)15-6-5-7-16(12-15)19(22)23/h2-9,12-14H,10-11H2,1H3,(H,22,23)/t13-/m1/s1. The van der Waals surface area contributed by atoms with Crippen LogP contribution >= 0.6 is 0 Å². The molecule has 118 valence electrons. The molecule has 0 unspecified atom stereocenters. The van der Waals surface area contributed by atoms with Gasteiger partial charge in [0.1, 0.15) is 0 Å². The quantitative estimate of drug-likeness (QED) is 0.913. The first kappa shape index (κ1) is 15.3. The third kappa shape index (κ3) is 3.26. The lowest BCUT2D eigenvalue weighted by Gasteiger charge is -2.29. The van der Waals surface area contributed by atoms with Crippen molar-refractivity contribution in [3.63, 3.8) is 0 Å². The highest BCUT2D eigenvalue weighted by atomic mass is 16.4. The van der Waals surface area contributed by atoms with Crippen LogP contribution in [-0.2, 0) is 0 Å². The molecule has 1 aliphatic carbocycles. The molecule has 4 heteroatoms. The van der Waals surface area contributed by atoms with Gasteiger partial charge in [0.25, 0.3) is 5.91 Å². The van der Waals surface area contributed by atoms with Gasteiger partial charge in [-0.25, -0.2) is 4.79 Å². The number of rotatable bonds is 5. The fourth-order valence-electron chi connectivity index (χ4n) is 2.84. The second-order valence-electron chi connectivity index (χ2n) is 5.97. The minimum atomic E-state index is -1.03. The number of carboxylic acids is 1. The monoisotopic (exact) mass is 309 g/mol. The molecule has 1 fully saturated rings. The van der Waals surface area contributed by atoms with Crippen LogP contribution < -0.4 is 4.90 Å². The van der Waals surface area contributed by atoms with Gasteiger partial charge < -0.3 is 10.0 Å². The summed E-state index contributed by atoms with van der Waals surface area (Å²) < 4.78 is 0. The van der Waals surface area contributed by atoms with Crippen LogP contribution in [0.4, 0.5) is 5.69 Å². The Morgan fingerprint density at radius 2 is 1.70 bits per heavy atom. The third-order valence-corrected chi connectivity index (χ3v) is 4.32. The number of benzene rings is 2. The Balaban J connectivity index is 1.97. The van der Waals surface area contributed by atoms with E-state index < -0.39 is 5.97 Å².